The van der Waals surface area contributed by atoms with E-state index in [1.54, 1.807) is 23.7 Å². The van der Waals surface area contributed by atoms with Crippen LogP contribution in [-0.4, -0.2) is 15.9 Å². The number of pyridine rings is 1. The number of carbonyl (C=O) groups excluding carboxylic acids is 1. The zero-order valence-electron chi connectivity index (χ0n) is 12.8. The third-order valence-corrected chi connectivity index (χ3v) is 4.34. The van der Waals surface area contributed by atoms with E-state index in [0.717, 1.165) is 22.0 Å². The molecule has 23 heavy (non-hydrogen) atoms. The van der Waals surface area contributed by atoms with Gasteiger partial charge in [-0.1, -0.05) is 17.7 Å². The van der Waals surface area contributed by atoms with Gasteiger partial charge in [-0.15, -0.1) is 11.3 Å². The highest BCUT2D eigenvalue weighted by Crippen LogP contribution is 2.22. The number of hydrogen-bond acceptors (Lipinski definition) is 4. The van der Waals surface area contributed by atoms with Crippen LogP contribution in [0.5, 0.6) is 0 Å². The van der Waals surface area contributed by atoms with Crippen LogP contribution < -0.4 is 5.32 Å². The summed E-state index contributed by atoms with van der Waals surface area (Å²) in [5.74, 6) is 0.00881. The summed E-state index contributed by atoms with van der Waals surface area (Å²) < 4.78 is 0. The van der Waals surface area contributed by atoms with Crippen LogP contribution in [-0.2, 0) is 11.2 Å². The van der Waals surface area contributed by atoms with Crippen molar-refractivity contribution in [3.63, 3.8) is 0 Å². The second kappa shape index (κ2) is 7.15. The average molecular weight is 323 g/mol. The third-order valence-electron chi connectivity index (χ3n) is 3.43. The second-order valence-corrected chi connectivity index (χ2v) is 6.22. The number of aromatic nitrogens is 2. The Bertz CT molecular complexity index is 782. The molecule has 3 rings (SSSR count). The second-order valence-electron chi connectivity index (χ2n) is 5.28. The third kappa shape index (κ3) is 4.23. The SMILES string of the molecule is Cc1ccc(NC(=O)CCc2nc(-c3ccncc3)cs2)cc1. The standard InChI is InChI=1S/C18H17N3OS/c1-13-2-4-15(5-3-13)20-17(22)6-7-18-21-16(12-23-18)14-8-10-19-11-9-14/h2-5,8-12H,6-7H2,1H3,(H,20,22). The number of anilines is 1. The Morgan fingerprint density at radius 1 is 1.13 bits per heavy atom. The van der Waals surface area contributed by atoms with Crippen LogP contribution in [0.4, 0.5) is 5.69 Å². The van der Waals surface area contributed by atoms with Crippen molar-refractivity contribution in [3.05, 3.63) is 64.7 Å². The number of nitrogens with one attached hydrogen (secondary N) is 1. The lowest BCUT2D eigenvalue weighted by Crippen LogP contribution is -2.12. The van der Waals surface area contributed by atoms with Crippen LogP contribution in [0.25, 0.3) is 11.3 Å². The van der Waals surface area contributed by atoms with Gasteiger partial charge in [0.1, 0.15) is 0 Å². The first-order chi connectivity index (χ1) is 11.2. The fraction of sp³-hybridized carbons (Fsp3) is 0.167. The smallest absolute Gasteiger partial charge is 0.224 e. The van der Waals surface area contributed by atoms with E-state index < -0.39 is 0 Å². The average Bonchev–Trinajstić information content (AvgIpc) is 3.05. The Morgan fingerprint density at radius 2 is 1.87 bits per heavy atom. The number of carbonyl (C=O) groups is 1. The minimum Gasteiger partial charge on any atom is -0.326 e. The number of nitrogens with zero attached hydrogens (tertiary/aromatic N) is 2. The van der Waals surface area contributed by atoms with Crippen LogP contribution in [0.2, 0.25) is 0 Å². The number of thiazole rings is 1. The zero-order chi connectivity index (χ0) is 16.1. The molecule has 0 fully saturated rings. The summed E-state index contributed by atoms with van der Waals surface area (Å²) in [7, 11) is 0. The van der Waals surface area contributed by atoms with Gasteiger partial charge in [-0.05, 0) is 31.2 Å². The molecule has 1 amide bonds. The van der Waals surface area contributed by atoms with Gasteiger partial charge < -0.3 is 5.32 Å². The van der Waals surface area contributed by atoms with Gasteiger partial charge in [-0.25, -0.2) is 4.98 Å². The quantitative estimate of drug-likeness (QED) is 0.769. The van der Waals surface area contributed by atoms with Crippen molar-refractivity contribution in [2.24, 2.45) is 0 Å². The van der Waals surface area contributed by atoms with Gasteiger partial charge in [-0.3, -0.25) is 9.78 Å². The van der Waals surface area contributed by atoms with Crippen molar-refractivity contribution < 1.29 is 4.79 Å². The minimum absolute atomic E-state index is 0.00881. The van der Waals surface area contributed by atoms with Crippen LogP contribution >= 0.6 is 11.3 Å². The summed E-state index contributed by atoms with van der Waals surface area (Å²) in [6.07, 6.45) is 4.58. The molecular formula is C18H17N3OS. The predicted molar refractivity (Wildman–Crippen MR) is 93.5 cm³/mol. The Balaban J connectivity index is 1.55. The Morgan fingerprint density at radius 3 is 2.61 bits per heavy atom. The van der Waals surface area contributed by atoms with Crippen LogP contribution in [0.3, 0.4) is 0 Å². The maximum Gasteiger partial charge on any atom is 0.224 e. The molecule has 0 bridgehead atoms. The topological polar surface area (TPSA) is 54.9 Å². The molecule has 2 heterocycles. The van der Waals surface area contributed by atoms with Crippen LogP contribution in [0.1, 0.15) is 17.0 Å². The van der Waals surface area contributed by atoms with Crippen molar-refractivity contribution in [1.29, 1.82) is 0 Å². The number of amides is 1. The van der Waals surface area contributed by atoms with Gasteiger partial charge in [-0.2, -0.15) is 0 Å². The van der Waals surface area contributed by atoms with E-state index >= 15 is 0 Å². The summed E-state index contributed by atoms with van der Waals surface area (Å²) in [6.45, 7) is 2.02. The normalized spacial score (nSPS) is 10.5. The Kier molecular flexibility index (Phi) is 4.78. The Hall–Kier alpha value is -2.53. The molecule has 5 heteroatoms. The van der Waals surface area contributed by atoms with E-state index in [0.29, 0.717) is 12.8 Å². The molecule has 3 aromatic rings. The molecule has 0 radical (unpaired) electrons. The highest BCUT2D eigenvalue weighted by molar-refractivity contribution is 7.09. The lowest BCUT2D eigenvalue weighted by atomic mass is 10.2. The molecule has 0 aliphatic heterocycles. The van der Waals surface area contributed by atoms with Crippen molar-refractivity contribution in [3.8, 4) is 11.3 Å². The Labute approximate surface area is 139 Å². The van der Waals surface area contributed by atoms with E-state index in [1.807, 2.05) is 48.7 Å². The molecule has 1 aromatic carbocycles. The predicted octanol–water partition coefficient (Wildman–Crippen LogP) is 4.08. The summed E-state index contributed by atoms with van der Waals surface area (Å²) in [6, 6.07) is 11.7. The van der Waals surface area contributed by atoms with Crippen molar-refractivity contribution in [2.75, 3.05) is 5.32 Å². The van der Waals surface area contributed by atoms with Gasteiger partial charge in [0.25, 0.3) is 0 Å². The fourth-order valence-corrected chi connectivity index (χ4v) is 2.97. The molecule has 0 saturated carbocycles. The molecule has 0 aliphatic rings. The van der Waals surface area contributed by atoms with E-state index in [2.05, 4.69) is 15.3 Å². The lowest BCUT2D eigenvalue weighted by Gasteiger charge is -2.04. The van der Waals surface area contributed by atoms with Gasteiger partial charge in [0, 0.05) is 41.9 Å². The van der Waals surface area contributed by atoms with Crippen LogP contribution in [0.15, 0.2) is 54.2 Å². The lowest BCUT2D eigenvalue weighted by molar-refractivity contribution is -0.116. The van der Waals surface area contributed by atoms with Crippen molar-refractivity contribution in [1.82, 2.24) is 9.97 Å². The summed E-state index contributed by atoms with van der Waals surface area (Å²) in [5.41, 5.74) is 3.99. The molecule has 0 aliphatic carbocycles. The molecule has 2 aromatic heterocycles. The van der Waals surface area contributed by atoms with Crippen molar-refractivity contribution >= 4 is 22.9 Å². The van der Waals surface area contributed by atoms with Gasteiger partial charge in [0.05, 0.1) is 10.7 Å². The summed E-state index contributed by atoms with van der Waals surface area (Å²) in [5, 5.41) is 5.89. The highest BCUT2D eigenvalue weighted by atomic mass is 32.1. The molecule has 0 unspecified atom stereocenters. The first kappa shape index (κ1) is 15.4. The summed E-state index contributed by atoms with van der Waals surface area (Å²) in [4.78, 5) is 20.6. The van der Waals surface area contributed by atoms with Gasteiger partial charge in [0.2, 0.25) is 5.91 Å². The number of benzene rings is 1. The maximum absolute atomic E-state index is 12.0. The van der Waals surface area contributed by atoms with E-state index in [-0.39, 0.29) is 5.91 Å². The van der Waals surface area contributed by atoms with Crippen LogP contribution in [0, 0.1) is 6.92 Å². The molecule has 4 nitrogen and oxygen atoms in total. The number of hydrogen-bond donors (Lipinski definition) is 1. The number of rotatable bonds is 5. The van der Waals surface area contributed by atoms with E-state index in [9.17, 15) is 4.79 Å². The minimum atomic E-state index is 0.00881. The molecule has 116 valence electrons. The monoisotopic (exact) mass is 323 g/mol. The fourth-order valence-electron chi connectivity index (χ4n) is 2.16. The zero-order valence-corrected chi connectivity index (χ0v) is 13.6. The first-order valence-corrected chi connectivity index (χ1v) is 8.30. The largest absolute Gasteiger partial charge is 0.326 e. The molecule has 0 spiro atoms. The van der Waals surface area contributed by atoms with Crippen molar-refractivity contribution in [2.45, 2.75) is 19.8 Å². The molecule has 0 atom stereocenters. The van der Waals surface area contributed by atoms with E-state index in [1.165, 1.54) is 5.56 Å². The van der Waals surface area contributed by atoms with E-state index in [4.69, 9.17) is 0 Å². The molecule has 0 saturated heterocycles. The van der Waals surface area contributed by atoms with Gasteiger partial charge >= 0.3 is 0 Å². The van der Waals surface area contributed by atoms with Gasteiger partial charge in [0.15, 0.2) is 0 Å². The maximum atomic E-state index is 12.0. The first-order valence-electron chi connectivity index (χ1n) is 7.42. The number of aryl methyl sites for hydroxylation is 2. The summed E-state index contributed by atoms with van der Waals surface area (Å²) >= 11 is 1.58. The molecular weight excluding hydrogens is 306 g/mol. The molecule has 1 N–H and O–H groups in total. The highest BCUT2D eigenvalue weighted by Gasteiger charge is 2.07.